The second kappa shape index (κ2) is 7.55. The standard InChI is InChI=1S/C23H19N5O2S/c1-13-24-20(27-23(25-13)28(2)3)11-14-8-9-15-12-16(22(29)30-18(15)10-14)21-26-17-6-4-5-7-19(17)31-21/h4-10,12H,11H2,1-3H3. The summed E-state index contributed by atoms with van der Waals surface area (Å²) in [5.74, 6) is 1.96. The lowest BCUT2D eigenvalue weighted by atomic mass is 10.1. The molecule has 0 N–H and O–H groups in total. The SMILES string of the molecule is Cc1nc(Cc2ccc3cc(-c4nc5ccccc5s4)c(=O)oc3c2)nc(N(C)C)n1. The topological polar surface area (TPSA) is 85.0 Å². The van der Waals surface area contributed by atoms with Gasteiger partial charge in [0, 0.05) is 25.9 Å². The van der Waals surface area contributed by atoms with Crippen LogP contribution < -0.4 is 10.5 Å². The fourth-order valence-corrected chi connectivity index (χ4v) is 4.36. The number of anilines is 1. The number of benzene rings is 2. The zero-order valence-corrected chi connectivity index (χ0v) is 18.1. The van der Waals surface area contributed by atoms with Gasteiger partial charge in [-0.15, -0.1) is 11.3 Å². The average Bonchev–Trinajstić information content (AvgIpc) is 3.16. The first-order chi connectivity index (χ1) is 15.0. The van der Waals surface area contributed by atoms with Crippen LogP contribution in [0.3, 0.4) is 0 Å². The molecule has 0 atom stereocenters. The van der Waals surface area contributed by atoms with E-state index < -0.39 is 5.63 Å². The van der Waals surface area contributed by atoms with Gasteiger partial charge in [-0.25, -0.2) is 14.8 Å². The number of hydrogen-bond donors (Lipinski definition) is 0. The van der Waals surface area contributed by atoms with Crippen molar-refractivity contribution >= 4 is 38.5 Å². The third-order valence-electron chi connectivity index (χ3n) is 4.87. The molecule has 2 aromatic carbocycles. The Labute approximate surface area is 182 Å². The molecule has 8 heteroatoms. The van der Waals surface area contributed by atoms with E-state index in [4.69, 9.17) is 4.42 Å². The van der Waals surface area contributed by atoms with Crippen molar-refractivity contribution in [2.45, 2.75) is 13.3 Å². The number of para-hydroxylation sites is 1. The molecule has 0 unspecified atom stereocenters. The fourth-order valence-electron chi connectivity index (χ4n) is 3.39. The molecule has 0 spiro atoms. The van der Waals surface area contributed by atoms with Crippen LogP contribution in [0.25, 0.3) is 31.8 Å². The predicted molar refractivity (Wildman–Crippen MR) is 123 cm³/mol. The second-order valence-corrected chi connectivity index (χ2v) is 8.51. The van der Waals surface area contributed by atoms with Crippen LogP contribution in [-0.2, 0) is 6.42 Å². The Bertz CT molecular complexity index is 1460. The summed E-state index contributed by atoms with van der Waals surface area (Å²) in [7, 11) is 3.79. The molecule has 31 heavy (non-hydrogen) atoms. The Kier molecular flexibility index (Phi) is 4.71. The highest BCUT2D eigenvalue weighted by molar-refractivity contribution is 7.21. The lowest BCUT2D eigenvalue weighted by Gasteiger charge is -2.11. The first-order valence-corrected chi connectivity index (χ1v) is 10.6. The van der Waals surface area contributed by atoms with Crippen molar-refractivity contribution in [3.63, 3.8) is 0 Å². The Balaban J connectivity index is 1.51. The molecule has 0 aliphatic heterocycles. The summed E-state index contributed by atoms with van der Waals surface area (Å²) in [4.78, 5) is 32.4. The minimum atomic E-state index is -0.394. The van der Waals surface area contributed by atoms with Crippen molar-refractivity contribution in [1.82, 2.24) is 19.9 Å². The summed E-state index contributed by atoms with van der Waals surface area (Å²) in [6.45, 7) is 1.85. The summed E-state index contributed by atoms with van der Waals surface area (Å²) < 4.78 is 6.70. The highest BCUT2D eigenvalue weighted by Gasteiger charge is 2.14. The normalized spacial score (nSPS) is 11.3. The van der Waals surface area contributed by atoms with E-state index in [2.05, 4.69) is 19.9 Å². The molecule has 0 fully saturated rings. The van der Waals surface area contributed by atoms with E-state index >= 15 is 0 Å². The van der Waals surface area contributed by atoms with Crippen LogP contribution >= 0.6 is 11.3 Å². The number of aromatic nitrogens is 4. The first kappa shape index (κ1) is 19.3. The molecule has 0 saturated heterocycles. The maximum absolute atomic E-state index is 12.7. The van der Waals surface area contributed by atoms with E-state index in [-0.39, 0.29) is 0 Å². The second-order valence-electron chi connectivity index (χ2n) is 7.48. The van der Waals surface area contributed by atoms with Gasteiger partial charge in [0.05, 0.1) is 15.8 Å². The molecule has 3 heterocycles. The zero-order chi connectivity index (χ0) is 21.5. The van der Waals surface area contributed by atoms with E-state index in [1.165, 1.54) is 11.3 Å². The van der Waals surface area contributed by atoms with Gasteiger partial charge in [-0.05, 0) is 36.8 Å². The Morgan fingerprint density at radius 1 is 1.00 bits per heavy atom. The molecule has 3 aromatic heterocycles. The summed E-state index contributed by atoms with van der Waals surface area (Å²) in [5.41, 5.74) is 2.45. The third kappa shape index (κ3) is 3.77. The number of thiazole rings is 1. The fraction of sp³-hybridized carbons (Fsp3) is 0.174. The summed E-state index contributed by atoms with van der Waals surface area (Å²) in [6, 6.07) is 15.5. The van der Waals surface area contributed by atoms with Crippen molar-refractivity contribution < 1.29 is 4.42 Å². The van der Waals surface area contributed by atoms with Gasteiger partial charge in [0.2, 0.25) is 5.95 Å². The van der Waals surface area contributed by atoms with Crippen LogP contribution in [0.4, 0.5) is 5.95 Å². The van der Waals surface area contributed by atoms with E-state index in [0.717, 1.165) is 21.2 Å². The highest BCUT2D eigenvalue weighted by Crippen LogP contribution is 2.30. The van der Waals surface area contributed by atoms with Crippen molar-refractivity contribution in [1.29, 1.82) is 0 Å². The van der Waals surface area contributed by atoms with Gasteiger partial charge >= 0.3 is 5.63 Å². The van der Waals surface area contributed by atoms with E-state index in [9.17, 15) is 4.79 Å². The Morgan fingerprint density at radius 2 is 1.84 bits per heavy atom. The monoisotopic (exact) mass is 429 g/mol. The molecule has 0 amide bonds. The molecule has 0 bridgehead atoms. The van der Waals surface area contributed by atoms with E-state index in [1.807, 2.05) is 74.4 Å². The van der Waals surface area contributed by atoms with Crippen LogP contribution in [-0.4, -0.2) is 34.0 Å². The predicted octanol–water partition coefficient (Wildman–Crippen LogP) is 4.22. The molecular weight excluding hydrogens is 410 g/mol. The van der Waals surface area contributed by atoms with Gasteiger partial charge in [-0.1, -0.05) is 24.3 Å². The van der Waals surface area contributed by atoms with E-state index in [0.29, 0.717) is 40.2 Å². The van der Waals surface area contributed by atoms with Gasteiger partial charge in [0.25, 0.3) is 0 Å². The molecule has 154 valence electrons. The molecule has 0 aliphatic carbocycles. The maximum atomic E-state index is 12.7. The van der Waals surface area contributed by atoms with Gasteiger partial charge in [-0.3, -0.25) is 0 Å². The van der Waals surface area contributed by atoms with Crippen molar-refractivity contribution in [2.75, 3.05) is 19.0 Å². The molecule has 0 radical (unpaired) electrons. The molecular formula is C23H19N5O2S. The molecule has 0 aliphatic rings. The third-order valence-corrected chi connectivity index (χ3v) is 5.94. The lowest BCUT2D eigenvalue weighted by molar-refractivity contribution is 0.563. The number of fused-ring (bicyclic) bond motifs is 2. The number of hydrogen-bond acceptors (Lipinski definition) is 8. The van der Waals surface area contributed by atoms with Crippen LogP contribution in [0, 0.1) is 6.92 Å². The average molecular weight is 430 g/mol. The first-order valence-electron chi connectivity index (χ1n) is 9.78. The van der Waals surface area contributed by atoms with Crippen LogP contribution in [0.5, 0.6) is 0 Å². The van der Waals surface area contributed by atoms with Gasteiger partial charge in [-0.2, -0.15) is 9.97 Å². The number of aryl methyl sites for hydroxylation is 1. The Morgan fingerprint density at radius 3 is 2.65 bits per heavy atom. The van der Waals surface area contributed by atoms with Crippen molar-refractivity contribution in [3.8, 4) is 10.6 Å². The maximum Gasteiger partial charge on any atom is 0.346 e. The minimum Gasteiger partial charge on any atom is -0.422 e. The number of rotatable bonds is 4. The van der Waals surface area contributed by atoms with Crippen LogP contribution in [0.15, 0.2) is 57.7 Å². The zero-order valence-electron chi connectivity index (χ0n) is 17.3. The van der Waals surface area contributed by atoms with Crippen LogP contribution in [0.1, 0.15) is 17.2 Å². The Hall–Kier alpha value is -3.65. The van der Waals surface area contributed by atoms with Crippen molar-refractivity contribution in [2.24, 2.45) is 0 Å². The van der Waals surface area contributed by atoms with Crippen LogP contribution in [0.2, 0.25) is 0 Å². The number of nitrogens with zero attached hydrogens (tertiary/aromatic N) is 5. The quantitative estimate of drug-likeness (QED) is 0.395. The van der Waals surface area contributed by atoms with Gasteiger partial charge < -0.3 is 9.32 Å². The summed E-state index contributed by atoms with van der Waals surface area (Å²) in [5, 5.41) is 1.51. The minimum absolute atomic E-state index is 0.394. The summed E-state index contributed by atoms with van der Waals surface area (Å²) >= 11 is 1.49. The molecule has 0 saturated carbocycles. The lowest BCUT2D eigenvalue weighted by Crippen LogP contribution is -2.15. The van der Waals surface area contributed by atoms with Crippen molar-refractivity contribution in [3.05, 3.63) is 76.2 Å². The van der Waals surface area contributed by atoms with Gasteiger partial charge in [0.1, 0.15) is 22.2 Å². The summed E-state index contributed by atoms with van der Waals surface area (Å²) in [6.07, 6.45) is 0.517. The smallest absolute Gasteiger partial charge is 0.346 e. The largest absolute Gasteiger partial charge is 0.422 e. The molecule has 7 nitrogen and oxygen atoms in total. The van der Waals surface area contributed by atoms with E-state index in [1.54, 1.807) is 0 Å². The van der Waals surface area contributed by atoms with Gasteiger partial charge in [0.15, 0.2) is 0 Å². The highest BCUT2D eigenvalue weighted by atomic mass is 32.1. The molecule has 5 rings (SSSR count). The molecule has 5 aromatic rings.